The topological polar surface area (TPSA) is 59.5 Å². The van der Waals surface area contributed by atoms with Gasteiger partial charge in [0.1, 0.15) is 9.88 Å². The molecular formula is C18H18N2O3S2. The lowest BCUT2D eigenvalue weighted by atomic mass is 10.3. The summed E-state index contributed by atoms with van der Waals surface area (Å²) in [4.78, 5) is 31.1. The Hall–Kier alpha value is -2.25. The van der Waals surface area contributed by atoms with Gasteiger partial charge in [-0.25, -0.2) is 9.78 Å². The van der Waals surface area contributed by atoms with Crippen LogP contribution in [-0.2, 0) is 9.53 Å². The molecule has 1 atom stereocenters. The Bertz CT molecular complexity index is 883. The maximum Gasteiger partial charge on any atom is 0.349 e. The van der Waals surface area contributed by atoms with Crippen LogP contribution >= 0.6 is 22.7 Å². The van der Waals surface area contributed by atoms with Crippen molar-refractivity contribution in [2.75, 3.05) is 13.7 Å². The Kier molecular flexibility index (Phi) is 5.15. The maximum atomic E-state index is 12.4. The third-order valence-electron chi connectivity index (χ3n) is 4.02. The van der Waals surface area contributed by atoms with Gasteiger partial charge in [-0.15, -0.1) is 22.7 Å². The molecular weight excluding hydrogens is 356 g/mol. The number of aryl methyl sites for hydroxylation is 1. The standard InChI is InChI=1S/C18H18N2O3S2/c1-11-8-9-24-16(11)18(22)23-10-15(21)20(3)12(2)17-19-13-6-4-5-7-14(13)25-17/h4-9,12H,10H2,1-3H3/t12-/m1/s1. The lowest BCUT2D eigenvalue weighted by Gasteiger charge is -2.23. The minimum Gasteiger partial charge on any atom is -0.451 e. The average Bonchev–Trinajstić information content (AvgIpc) is 3.23. The number of fused-ring (bicyclic) bond motifs is 1. The zero-order chi connectivity index (χ0) is 18.0. The van der Waals surface area contributed by atoms with E-state index in [2.05, 4.69) is 4.98 Å². The van der Waals surface area contributed by atoms with Crippen molar-refractivity contribution < 1.29 is 14.3 Å². The van der Waals surface area contributed by atoms with Crippen LogP contribution in [0.3, 0.4) is 0 Å². The molecule has 0 saturated carbocycles. The Labute approximate surface area is 153 Å². The van der Waals surface area contributed by atoms with Crippen LogP contribution in [0, 0.1) is 6.92 Å². The molecule has 3 rings (SSSR count). The van der Waals surface area contributed by atoms with E-state index in [-0.39, 0.29) is 18.6 Å². The molecule has 0 N–H and O–H groups in total. The van der Waals surface area contributed by atoms with Gasteiger partial charge in [0.15, 0.2) is 6.61 Å². The lowest BCUT2D eigenvalue weighted by Crippen LogP contribution is -2.33. The van der Waals surface area contributed by atoms with E-state index in [1.165, 1.54) is 11.3 Å². The van der Waals surface area contributed by atoms with Crippen molar-refractivity contribution in [3.8, 4) is 0 Å². The van der Waals surface area contributed by atoms with Gasteiger partial charge in [0.2, 0.25) is 0 Å². The van der Waals surface area contributed by atoms with Crippen LogP contribution in [0.5, 0.6) is 0 Å². The summed E-state index contributed by atoms with van der Waals surface area (Å²) in [7, 11) is 1.70. The Balaban J connectivity index is 1.63. The number of nitrogens with zero attached hydrogens (tertiary/aromatic N) is 2. The van der Waals surface area contributed by atoms with Crippen LogP contribution in [0.25, 0.3) is 10.2 Å². The Morgan fingerprint density at radius 2 is 2.04 bits per heavy atom. The van der Waals surface area contributed by atoms with Crippen LogP contribution in [-0.4, -0.2) is 35.4 Å². The molecule has 2 aromatic heterocycles. The largest absolute Gasteiger partial charge is 0.451 e. The molecule has 0 radical (unpaired) electrons. The van der Waals surface area contributed by atoms with Gasteiger partial charge in [0.05, 0.1) is 16.3 Å². The summed E-state index contributed by atoms with van der Waals surface area (Å²) >= 11 is 2.88. The number of hydrogen-bond donors (Lipinski definition) is 0. The highest BCUT2D eigenvalue weighted by molar-refractivity contribution is 7.18. The van der Waals surface area contributed by atoms with Gasteiger partial charge in [0, 0.05) is 7.05 Å². The van der Waals surface area contributed by atoms with Crippen LogP contribution < -0.4 is 0 Å². The molecule has 0 fully saturated rings. The molecule has 5 nitrogen and oxygen atoms in total. The fourth-order valence-corrected chi connectivity index (χ4v) is 4.21. The van der Waals surface area contributed by atoms with Gasteiger partial charge < -0.3 is 9.64 Å². The molecule has 1 amide bonds. The number of carbonyl (C=O) groups excluding carboxylic acids is 2. The molecule has 0 bridgehead atoms. The molecule has 0 spiro atoms. The molecule has 7 heteroatoms. The van der Waals surface area contributed by atoms with E-state index in [0.29, 0.717) is 4.88 Å². The molecule has 130 valence electrons. The van der Waals surface area contributed by atoms with Crippen molar-refractivity contribution in [2.45, 2.75) is 19.9 Å². The van der Waals surface area contributed by atoms with E-state index in [1.807, 2.05) is 49.6 Å². The van der Waals surface area contributed by atoms with Crippen molar-refractivity contribution in [1.82, 2.24) is 9.88 Å². The maximum absolute atomic E-state index is 12.4. The highest BCUT2D eigenvalue weighted by atomic mass is 32.1. The van der Waals surface area contributed by atoms with E-state index < -0.39 is 5.97 Å². The molecule has 2 heterocycles. The van der Waals surface area contributed by atoms with Gasteiger partial charge >= 0.3 is 5.97 Å². The van der Waals surface area contributed by atoms with Gasteiger partial charge in [0.25, 0.3) is 5.91 Å². The number of amides is 1. The number of benzene rings is 1. The number of carbonyl (C=O) groups is 2. The number of rotatable bonds is 5. The number of aromatic nitrogens is 1. The first-order valence-corrected chi connectivity index (χ1v) is 9.49. The van der Waals surface area contributed by atoms with Crippen LogP contribution in [0.15, 0.2) is 35.7 Å². The molecule has 1 aromatic carbocycles. The highest BCUT2D eigenvalue weighted by Gasteiger charge is 2.22. The second-order valence-corrected chi connectivity index (χ2v) is 7.69. The van der Waals surface area contributed by atoms with Crippen molar-refractivity contribution in [3.05, 3.63) is 51.2 Å². The molecule has 0 aliphatic heterocycles. The second kappa shape index (κ2) is 7.33. The molecule has 0 saturated heterocycles. The number of hydrogen-bond acceptors (Lipinski definition) is 6. The minimum atomic E-state index is -0.457. The summed E-state index contributed by atoms with van der Waals surface area (Å²) in [6.45, 7) is 3.49. The van der Waals surface area contributed by atoms with E-state index in [0.717, 1.165) is 20.8 Å². The van der Waals surface area contributed by atoms with Crippen LogP contribution in [0.4, 0.5) is 0 Å². The number of thiophene rings is 1. The van der Waals surface area contributed by atoms with E-state index >= 15 is 0 Å². The van der Waals surface area contributed by atoms with Gasteiger partial charge in [-0.1, -0.05) is 12.1 Å². The van der Waals surface area contributed by atoms with Crippen LogP contribution in [0.1, 0.15) is 33.2 Å². The number of esters is 1. The molecule has 3 aromatic rings. The number of thiazole rings is 1. The Morgan fingerprint density at radius 1 is 1.28 bits per heavy atom. The fraction of sp³-hybridized carbons (Fsp3) is 0.278. The summed E-state index contributed by atoms with van der Waals surface area (Å²) in [6.07, 6.45) is 0. The van der Waals surface area contributed by atoms with Gasteiger partial charge in [-0.2, -0.15) is 0 Å². The lowest BCUT2D eigenvalue weighted by molar-refractivity contribution is -0.135. The smallest absolute Gasteiger partial charge is 0.349 e. The quantitative estimate of drug-likeness (QED) is 0.632. The second-order valence-electron chi connectivity index (χ2n) is 5.71. The van der Waals surface area contributed by atoms with Crippen molar-refractivity contribution in [3.63, 3.8) is 0 Å². The summed E-state index contributed by atoms with van der Waals surface area (Å²) in [5.74, 6) is -0.712. The van der Waals surface area contributed by atoms with Gasteiger partial charge in [-0.05, 0) is 43.0 Å². The number of likely N-dealkylation sites (N-methyl/N-ethyl adjacent to an activating group) is 1. The zero-order valence-corrected chi connectivity index (χ0v) is 15.8. The molecule has 25 heavy (non-hydrogen) atoms. The van der Waals surface area contributed by atoms with Gasteiger partial charge in [-0.3, -0.25) is 4.79 Å². The number of para-hydroxylation sites is 1. The normalized spacial score (nSPS) is 12.1. The van der Waals surface area contributed by atoms with Crippen molar-refractivity contribution in [1.29, 1.82) is 0 Å². The molecule has 0 aliphatic carbocycles. The van der Waals surface area contributed by atoms with E-state index in [4.69, 9.17) is 4.74 Å². The third kappa shape index (κ3) is 3.72. The monoisotopic (exact) mass is 374 g/mol. The van der Waals surface area contributed by atoms with E-state index in [1.54, 1.807) is 23.3 Å². The average molecular weight is 374 g/mol. The molecule has 0 aliphatic rings. The van der Waals surface area contributed by atoms with Crippen molar-refractivity contribution >= 4 is 44.8 Å². The fourth-order valence-electron chi connectivity index (χ4n) is 2.33. The summed E-state index contributed by atoms with van der Waals surface area (Å²) in [5.41, 5.74) is 1.79. The minimum absolute atomic E-state index is 0.188. The SMILES string of the molecule is Cc1ccsc1C(=O)OCC(=O)N(C)[C@H](C)c1nc2ccccc2s1. The first-order chi connectivity index (χ1) is 12.0. The summed E-state index contributed by atoms with van der Waals surface area (Å²) < 4.78 is 6.25. The number of ether oxygens (including phenoxy) is 1. The third-order valence-corrected chi connectivity index (χ3v) is 6.22. The Morgan fingerprint density at radius 3 is 2.72 bits per heavy atom. The summed E-state index contributed by atoms with van der Waals surface area (Å²) in [6, 6.07) is 9.54. The summed E-state index contributed by atoms with van der Waals surface area (Å²) in [5, 5.41) is 2.69. The molecule has 0 unspecified atom stereocenters. The predicted octanol–water partition coefficient (Wildman–Crippen LogP) is 4.04. The first kappa shape index (κ1) is 17.6. The van der Waals surface area contributed by atoms with Crippen molar-refractivity contribution in [2.24, 2.45) is 0 Å². The van der Waals surface area contributed by atoms with Crippen LogP contribution in [0.2, 0.25) is 0 Å². The predicted molar refractivity (Wildman–Crippen MR) is 100 cm³/mol. The zero-order valence-electron chi connectivity index (χ0n) is 14.2. The highest BCUT2D eigenvalue weighted by Crippen LogP contribution is 2.28. The van der Waals surface area contributed by atoms with E-state index in [9.17, 15) is 9.59 Å². The first-order valence-electron chi connectivity index (χ1n) is 7.79.